The molecule has 0 bridgehead atoms. The molecule has 0 aromatic carbocycles. The number of hydrogen-bond donors (Lipinski definition) is 3. The van der Waals surface area contributed by atoms with Gasteiger partial charge in [0.25, 0.3) is 0 Å². The van der Waals surface area contributed by atoms with Gasteiger partial charge in [-0.15, -0.1) is 0 Å². The van der Waals surface area contributed by atoms with Crippen LogP contribution in [0.5, 0.6) is 0 Å². The number of rotatable bonds is 8. The van der Waals surface area contributed by atoms with Crippen LogP contribution >= 0.6 is 0 Å². The molecule has 15 heteroatoms. The molecule has 3 N–H and O–H groups in total. The van der Waals surface area contributed by atoms with E-state index in [0.717, 1.165) is 18.4 Å². The van der Waals surface area contributed by atoms with E-state index in [1.54, 1.807) is 27.4 Å². The van der Waals surface area contributed by atoms with Crippen LogP contribution in [0.4, 0.5) is 0 Å². The third-order valence-corrected chi connectivity index (χ3v) is 14.2. The predicted molar refractivity (Wildman–Crippen MR) is 194 cm³/mol. The van der Waals surface area contributed by atoms with Gasteiger partial charge in [-0.2, -0.15) is 0 Å². The highest BCUT2D eigenvalue weighted by atomic mass is 16.7. The maximum atomic E-state index is 13.7. The van der Waals surface area contributed by atoms with Gasteiger partial charge in [0.05, 0.1) is 73.5 Å². The van der Waals surface area contributed by atoms with E-state index in [9.17, 15) is 20.1 Å². The third kappa shape index (κ3) is 7.51. The summed E-state index contributed by atoms with van der Waals surface area (Å²) in [6.45, 7) is 9.89. The van der Waals surface area contributed by atoms with E-state index in [-0.39, 0.29) is 36.2 Å². The fraction of sp³-hybridized carbons (Fsp3) is 0.878. The predicted octanol–water partition coefficient (Wildman–Crippen LogP) is 3.00. The standard InChI is InChI=1S/C41H62O15/c1-19-36(44)29(46-6)14-34(50-19)55-37-20(2)51-32(13-26(37)42)56-38-21(3)52-33(15-30(38)47-7)53-28-12-23-9-10-24-25(40(23,4)16-27(28)43)11-8-22-17-48-41(5)35(22)31(18-49-41)54-39(24)45/h9,17,19-21,24-38,42-44H,8,10-16,18H2,1-7H3. The molecule has 0 aromatic rings. The van der Waals surface area contributed by atoms with E-state index >= 15 is 0 Å². The van der Waals surface area contributed by atoms with E-state index in [1.165, 1.54) is 5.57 Å². The number of fused-ring (bicyclic) bond motifs is 3. The summed E-state index contributed by atoms with van der Waals surface area (Å²) in [5, 5.41) is 33.2. The van der Waals surface area contributed by atoms with E-state index in [4.69, 9.17) is 52.1 Å². The molecule has 6 fully saturated rings. The highest BCUT2D eigenvalue weighted by Crippen LogP contribution is 2.57. The molecule has 8 rings (SSSR count). The summed E-state index contributed by atoms with van der Waals surface area (Å²) in [4.78, 5) is 13.7. The molecule has 6 aliphatic heterocycles. The number of allylic oxidation sites excluding steroid dienone is 1. The first-order valence-corrected chi connectivity index (χ1v) is 20.6. The van der Waals surface area contributed by atoms with Crippen molar-refractivity contribution in [1.82, 2.24) is 0 Å². The zero-order valence-electron chi connectivity index (χ0n) is 33.7. The van der Waals surface area contributed by atoms with Gasteiger partial charge in [0.15, 0.2) is 18.9 Å². The molecule has 20 unspecified atom stereocenters. The molecule has 1 saturated carbocycles. The number of carbonyl (C=O) groups excluding carboxylic acids is 1. The minimum absolute atomic E-state index is 0.00811. The van der Waals surface area contributed by atoms with Gasteiger partial charge >= 0.3 is 5.97 Å². The Hall–Kier alpha value is -1.73. The van der Waals surface area contributed by atoms with Gasteiger partial charge in [0.1, 0.15) is 24.4 Å². The van der Waals surface area contributed by atoms with Gasteiger partial charge in [-0.25, -0.2) is 0 Å². The van der Waals surface area contributed by atoms with Crippen LogP contribution in [-0.4, -0.2) is 140 Å². The van der Waals surface area contributed by atoms with Gasteiger partial charge in [-0.05, 0) is 69.8 Å². The van der Waals surface area contributed by atoms with Crippen LogP contribution in [-0.2, 0) is 56.9 Å². The quantitative estimate of drug-likeness (QED) is 0.241. The highest BCUT2D eigenvalue weighted by molar-refractivity contribution is 5.74. The summed E-state index contributed by atoms with van der Waals surface area (Å²) < 4.78 is 66.9. The number of hydrogen-bond acceptors (Lipinski definition) is 15. The van der Waals surface area contributed by atoms with Crippen LogP contribution in [0, 0.1) is 23.2 Å². The zero-order chi connectivity index (χ0) is 39.7. The fourth-order valence-corrected chi connectivity index (χ4v) is 11.1. The molecule has 0 spiro atoms. The van der Waals surface area contributed by atoms with E-state index in [1.807, 2.05) is 20.8 Å². The average molecular weight is 795 g/mol. The fourth-order valence-electron chi connectivity index (χ4n) is 11.1. The maximum absolute atomic E-state index is 13.7. The molecule has 15 nitrogen and oxygen atoms in total. The molecule has 316 valence electrons. The molecule has 2 aliphatic carbocycles. The number of esters is 1. The second kappa shape index (κ2) is 16.0. The molecule has 8 aliphatic rings. The Morgan fingerprint density at radius 2 is 1.46 bits per heavy atom. The van der Waals surface area contributed by atoms with Crippen LogP contribution < -0.4 is 0 Å². The third-order valence-electron chi connectivity index (χ3n) is 14.2. The molecule has 0 aromatic heterocycles. The lowest BCUT2D eigenvalue weighted by Crippen LogP contribution is -2.57. The van der Waals surface area contributed by atoms with Crippen molar-refractivity contribution in [3.63, 3.8) is 0 Å². The summed E-state index contributed by atoms with van der Waals surface area (Å²) in [6.07, 6.45) is -0.916. The number of ether oxygens (including phenoxy) is 11. The van der Waals surface area contributed by atoms with Gasteiger partial charge in [0.2, 0.25) is 5.79 Å². The van der Waals surface area contributed by atoms with Crippen LogP contribution in [0.15, 0.2) is 23.5 Å². The highest BCUT2D eigenvalue weighted by Gasteiger charge is 2.59. The average Bonchev–Trinajstić information content (AvgIpc) is 3.67. The second-order valence-electron chi connectivity index (χ2n) is 17.7. The molecule has 6 heterocycles. The van der Waals surface area contributed by atoms with E-state index in [2.05, 4.69) is 13.0 Å². The monoisotopic (exact) mass is 794 g/mol. The molecule has 56 heavy (non-hydrogen) atoms. The maximum Gasteiger partial charge on any atom is 0.309 e. The Labute approximate surface area is 329 Å². The van der Waals surface area contributed by atoms with Crippen LogP contribution in [0.2, 0.25) is 0 Å². The first-order valence-electron chi connectivity index (χ1n) is 20.6. The lowest BCUT2D eigenvalue weighted by molar-refractivity contribution is -0.338. The molecule has 0 radical (unpaired) electrons. The van der Waals surface area contributed by atoms with Crippen LogP contribution in [0.1, 0.15) is 86.0 Å². The van der Waals surface area contributed by atoms with Crippen molar-refractivity contribution < 1.29 is 72.2 Å². The molecular formula is C41H62O15. The molecular weight excluding hydrogens is 732 g/mol. The smallest absolute Gasteiger partial charge is 0.309 e. The Morgan fingerprint density at radius 3 is 2.20 bits per heavy atom. The summed E-state index contributed by atoms with van der Waals surface area (Å²) in [5.74, 6) is -1.40. The van der Waals surface area contributed by atoms with E-state index in [0.29, 0.717) is 38.7 Å². The van der Waals surface area contributed by atoms with Crippen LogP contribution in [0.25, 0.3) is 0 Å². The SMILES string of the molecule is COC1CC(OC2C(O)CC(OC3C(C)OC(OC4CC5=CCC6C(=O)OC7COC8(C)OC=C(CCC6C5(C)CC4O)C78)CC3OC)OC2C)OC(C)C1O. The summed E-state index contributed by atoms with van der Waals surface area (Å²) in [5.41, 5.74) is 1.92. The lowest BCUT2D eigenvalue weighted by atomic mass is 9.55. The zero-order valence-corrected chi connectivity index (χ0v) is 33.7. The van der Waals surface area contributed by atoms with Gasteiger partial charge < -0.3 is 67.4 Å². The Morgan fingerprint density at radius 1 is 0.804 bits per heavy atom. The molecule has 20 atom stereocenters. The van der Waals surface area contributed by atoms with Crippen molar-refractivity contribution in [2.75, 3.05) is 20.8 Å². The van der Waals surface area contributed by atoms with Gasteiger partial charge in [-0.1, -0.05) is 18.6 Å². The first kappa shape index (κ1) is 41.0. The Bertz CT molecular complexity index is 1480. The largest absolute Gasteiger partial charge is 0.469 e. The van der Waals surface area contributed by atoms with Crippen molar-refractivity contribution in [2.45, 2.75) is 184 Å². The summed E-state index contributed by atoms with van der Waals surface area (Å²) >= 11 is 0. The molecule has 0 amide bonds. The molecule has 5 saturated heterocycles. The van der Waals surface area contributed by atoms with Crippen molar-refractivity contribution in [2.24, 2.45) is 23.2 Å². The topological polar surface area (TPSA) is 179 Å². The van der Waals surface area contributed by atoms with Gasteiger partial charge in [0, 0.05) is 40.4 Å². The summed E-state index contributed by atoms with van der Waals surface area (Å²) in [7, 11) is 3.16. The van der Waals surface area contributed by atoms with Gasteiger partial charge in [-0.3, -0.25) is 4.79 Å². The number of methoxy groups -OCH3 is 2. The number of carbonyl (C=O) groups is 1. The number of aliphatic hydroxyl groups is 3. The minimum Gasteiger partial charge on any atom is -0.469 e. The number of aliphatic hydroxyl groups excluding tert-OH is 3. The summed E-state index contributed by atoms with van der Waals surface area (Å²) in [6, 6.07) is 0. The van der Waals surface area contributed by atoms with Crippen molar-refractivity contribution in [3.05, 3.63) is 23.5 Å². The Balaban J connectivity index is 0.868. The van der Waals surface area contributed by atoms with Crippen molar-refractivity contribution in [3.8, 4) is 0 Å². The normalized spacial score (nSPS) is 51.9. The lowest BCUT2D eigenvalue weighted by Gasteiger charge is -2.52. The van der Waals surface area contributed by atoms with Crippen molar-refractivity contribution in [1.29, 1.82) is 0 Å². The van der Waals surface area contributed by atoms with E-state index < -0.39 is 97.2 Å². The minimum atomic E-state index is -0.897. The van der Waals surface area contributed by atoms with Crippen LogP contribution in [0.3, 0.4) is 0 Å². The second-order valence-corrected chi connectivity index (χ2v) is 17.7. The van der Waals surface area contributed by atoms with Crippen molar-refractivity contribution >= 4 is 5.97 Å². The first-order chi connectivity index (χ1) is 26.7. The Kier molecular flexibility index (Phi) is 11.7.